The fourth-order valence-corrected chi connectivity index (χ4v) is 5.57. The van der Waals surface area contributed by atoms with E-state index < -0.39 is 11.6 Å². The number of benzene rings is 4. The minimum Gasteiger partial charge on any atom is -0.304 e. The number of nitrogens with zero attached hydrogens (tertiary/aromatic N) is 1. The molecule has 6 rings (SSSR count). The molecule has 5 heteroatoms. The Labute approximate surface area is 195 Å². The van der Waals surface area contributed by atoms with Gasteiger partial charge in [-0.3, -0.25) is 0 Å². The summed E-state index contributed by atoms with van der Waals surface area (Å²) in [6.07, 6.45) is 3.62. The Bertz CT molecular complexity index is 1580. The van der Waals surface area contributed by atoms with E-state index in [1.165, 1.54) is 6.07 Å². The average Bonchev–Trinajstić information content (AvgIpc) is 2.74. The molecule has 0 N–H and O–H groups in total. The Morgan fingerprint density at radius 1 is 0.935 bits per heavy atom. The molecule has 1 radical (unpaired) electrons. The maximum absolute atomic E-state index is 14.4. The van der Waals surface area contributed by atoms with Gasteiger partial charge in [-0.2, -0.15) is 0 Å². The molecule has 1 nitrogen and oxygen atoms in total. The van der Waals surface area contributed by atoms with Crippen molar-refractivity contribution in [1.29, 1.82) is 0 Å². The Kier molecular flexibility index (Phi) is 4.74. The number of pyridine rings is 1. The van der Waals surface area contributed by atoms with E-state index in [1.807, 2.05) is 31.2 Å². The third kappa shape index (κ3) is 2.88. The van der Waals surface area contributed by atoms with Crippen molar-refractivity contribution in [3.8, 4) is 11.3 Å². The molecular formula is C26H14F2IrNS-. The van der Waals surface area contributed by atoms with E-state index in [9.17, 15) is 8.78 Å². The molecule has 0 amide bonds. The topological polar surface area (TPSA) is 12.9 Å². The molecule has 153 valence electrons. The van der Waals surface area contributed by atoms with Crippen molar-refractivity contribution >= 4 is 50.2 Å². The Hall–Kier alpha value is -2.59. The summed E-state index contributed by atoms with van der Waals surface area (Å²) < 4.78 is 28.4. The monoisotopic (exact) mass is 603 g/mol. The van der Waals surface area contributed by atoms with E-state index in [2.05, 4.69) is 23.7 Å². The van der Waals surface area contributed by atoms with Crippen molar-refractivity contribution in [1.82, 2.24) is 4.98 Å². The Morgan fingerprint density at radius 3 is 2.52 bits per heavy atom. The van der Waals surface area contributed by atoms with Crippen molar-refractivity contribution in [2.45, 2.75) is 16.7 Å². The summed E-state index contributed by atoms with van der Waals surface area (Å²) in [4.78, 5) is 6.76. The van der Waals surface area contributed by atoms with Crippen molar-refractivity contribution in [3.63, 3.8) is 0 Å². The van der Waals surface area contributed by atoms with E-state index >= 15 is 0 Å². The molecule has 5 aromatic rings. The van der Waals surface area contributed by atoms with Crippen LogP contribution in [0.1, 0.15) is 11.1 Å². The molecule has 0 saturated heterocycles. The summed E-state index contributed by atoms with van der Waals surface area (Å²) in [6.45, 7) is 5.92. The molecule has 0 fully saturated rings. The number of hydrogen-bond donors (Lipinski definition) is 0. The summed E-state index contributed by atoms with van der Waals surface area (Å²) in [5.41, 5.74) is 3.94. The van der Waals surface area contributed by atoms with E-state index in [0.717, 1.165) is 59.8 Å². The van der Waals surface area contributed by atoms with Crippen LogP contribution in [0.5, 0.6) is 0 Å². The second kappa shape index (κ2) is 7.23. The minimum atomic E-state index is -0.574. The van der Waals surface area contributed by atoms with Gasteiger partial charge in [-0.1, -0.05) is 24.0 Å². The summed E-state index contributed by atoms with van der Waals surface area (Å²) in [6, 6.07) is 15.6. The largest absolute Gasteiger partial charge is 0.304 e. The van der Waals surface area contributed by atoms with E-state index in [4.69, 9.17) is 0 Å². The van der Waals surface area contributed by atoms with Crippen molar-refractivity contribution < 1.29 is 28.9 Å². The Balaban J connectivity index is 0.00000204. The van der Waals surface area contributed by atoms with Crippen molar-refractivity contribution in [3.05, 3.63) is 84.1 Å². The van der Waals surface area contributed by atoms with Crippen LogP contribution in [0.3, 0.4) is 0 Å². The van der Waals surface area contributed by atoms with E-state index in [1.54, 1.807) is 24.0 Å². The van der Waals surface area contributed by atoms with Crippen LogP contribution in [0.4, 0.5) is 8.78 Å². The first-order chi connectivity index (χ1) is 14.5. The first kappa shape index (κ1) is 20.3. The SMILES string of the molecule is C=Cc1cc2c([c-]c1C)-c1nccc3c1c(cc1c4cc(F)cc(F)c4ccc31)S2.[Ir]. The van der Waals surface area contributed by atoms with Crippen molar-refractivity contribution in [2.75, 3.05) is 0 Å². The van der Waals surface area contributed by atoms with E-state index in [-0.39, 0.29) is 20.1 Å². The van der Waals surface area contributed by atoms with Gasteiger partial charge >= 0.3 is 0 Å². The maximum Gasteiger partial charge on any atom is 0.133 e. The zero-order valence-corrected chi connectivity index (χ0v) is 19.6. The smallest absolute Gasteiger partial charge is 0.133 e. The third-order valence-electron chi connectivity index (χ3n) is 5.81. The standard InChI is InChI=1S/C26H14F2NS.Ir/c1-3-14-9-23-21(8-13(14)2)26-25-18(6-7-29-26)16-4-5-17-19(10-15(27)11-22(17)28)20(16)12-24(25)30-23;/h3-7,9-12H,1H2,2H3;/q-1;. The number of aryl methyl sites for hydroxylation is 1. The van der Waals surface area contributed by atoms with Gasteiger partial charge in [0, 0.05) is 42.7 Å². The second-order valence-corrected chi connectivity index (χ2v) is 8.58. The molecule has 0 bridgehead atoms. The average molecular weight is 603 g/mol. The molecular weight excluding hydrogens is 589 g/mol. The third-order valence-corrected chi connectivity index (χ3v) is 6.89. The zero-order chi connectivity index (χ0) is 20.6. The van der Waals surface area contributed by atoms with Gasteiger partial charge in [0.1, 0.15) is 11.6 Å². The summed E-state index contributed by atoms with van der Waals surface area (Å²) in [5.74, 6) is -1.12. The van der Waals surface area contributed by atoms with Crippen LogP contribution < -0.4 is 0 Å². The van der Waals surface area contributed by atoms with Gasteiger partial charge in [0.25, 0.3) is 0 Å². The maximum atomic E-state index is 14.4. The summed E-state index contributed by atoms with van der Waals surface area (Å²) in [7, 11) is 0. The van der Waals surface area contributed by atoms with Crippen LogP contribution in [0, 0.1) is 24.6 Å². The first-order valence-corrected chi connectivity index (χ1v) is 10.4. The van der Waals surface area contributed by atoms with Crippen LogP contribution >= 0.6 is 11.8 Å². The molecule has 0 unspecified atom stereocenters. The molecule has 0 atom stereocenters. The van der Waals surface area contributed by atoms with Gasteiger partial charge in [0.05, 0.1) is 0 Å². The molecule has 1 aliphatic rings. The van der Waals surface area contributed by atoms with Crippen LogP contribution in [0.15, 0.2) is 65.0 Å². The zero-order valence-electron chi connectivity index (χ0n) is 16.3. The fraction of sp³-hybridized carbons (Fsp3) is 0.0385. The number of halogens is 2. The molecule has 2 heterocycles. The first-order valence-electron chi connectivity index (χ1n) is 9.56. The number of aromatic nitrogens is 1. The summed E-state index contributed by atoms with van der Waals surface area (Å²) in [5, 5.41) is 4.87. The molecule has 0 saturated carbocycles. The number of hydrogen-bond acceptors (Lipinski definition) is 2. The number of fused-ring (bicyclic) bond motifs is 6. The van der Waals surface area contributed by atoms with Crippen molar-refractivity contribution in [2.24, 2.45) is 0 Å². The van der Waals surface area contributed by atoms with Gasteiger partial charge in [-0.25, -0.2) is 8.78 Å². The predicted molar refractivity (Wildman–Crippen MR) is 120 cm³/mol. The molecule has 0 aliphatic carbocycles. The molecule has 1 aliphatic heterocycles. The van der Waals surface area contributed by atoms with Gasteiger partial charge in [0.15, 0.2) is 0 Å². The fourth-order valence-electron chi connectivity index (χ4n) is 4.41. The normalized spacial score (nSPS) is 12.1. The van der Waals surface area contributed by atoms with Crippen LogP contribution in [-0.4, -0.2) is 4.98 Å². The van der Waals surface area contributed by atoms with Crippen LogP contribution in [0.2, 0.25) is 0 Å². The minimum absolute atomic E-state index is 0. The predicted octanol–water partition coefficient (Wildman–Crippen LogP) is 7.70. The van der Waals surface area contributed by atoms with Gasteiger partial charge in [-0.15, -0.1) is 53.2 Å². The molecule has 1 aromatic heterocycles. The quantitative estimate of drug-likeness (QED) is 0.141. The van der Waals surface area contributed by atoms with Gasteiger partial charge in [-0.05, 0) is 50.8 Å². The Morgan fingerprint density at radius 2 is 1.71 bits per heavy atom. The van der Waals surface area contributed by atoms with E-state index in [0.29, 0.717) is 10.8 Å². The van der Waals surface area contributed by atoms with Crippen LogP contribution in [-0.2, 0) is 20.1 Å². The van der Waals surface area contributed by atoms with Gasteiger partial charge in [0.2, 0.25) is 0 Å². The molecule has 31 heavy (non-hydrogen) atoms. The second-order valence-electron chi connectivity index (χ2n) is 7.50. The molecule has 0 spiro atoms. The summed E-state index contributed by atoms with van der Waals surface area (Å²) >= 11 is 1.64. The molecule has 4 aromatic carbocycles. The number of rotatable bonds is 1. The van der Waals surface area contributed by atoms with Gasteiger partial charge < -0.3 is 4.98 Å². The van der Waals surface area contributed by atoms with Crippen LogP contribution in [0.25, 0.3) is 49.7 Å².